The lowest BCUT2D eigenvalue weighted by Gasteiger charge is -2.27. The van der Waals surface area contributed by atoms with E-state index in [1.54, 1.807) is 0 Å². The van der Waals surface area contributed by atoms with Crippen molar-refractivity contribution < 1.29 is 5.11 Å². The summed E-state index contributed by atoms with van der Waals surface area (Å²) in [6.45, 7) is 9.06. The van der Waals surface area contributed by atoms with Gasteiger partial charge >= 0.3 is 0 Å². The summed E-state index contributed by atoms with van der Waals surface area (Å²) < 4.78 is 0. The summed E-state index contributed by atoms with van der Waals surface area (Å²) in [5, 5.41) is 9.52. The molecule has 116 valence electrons. The zero-order chi connectivity index (χ0) is 14.8. The van der Waals surface area contributed by atoms with Crippen LogP contribution >= 0.6 is 0 Å². The molecule has 4 nitrogen and oxygen atoms in total. The van der Waals surface area contributed by atoms with E-state index in [1.165, 1.54) is 32.4 Å². The standard InChI is InChI=1S/C17H27N3O/c1-13(2)16-9-14(12-21)10-17(18-16)20-8-4-7-19-6-3-5-15(19)11-20/h9-10,13,15,21H,3-8,11-12H2,1-2H3. The summed E-state index contributed by atoms with van der Waals surface area (Å²) in [6.07, 6.45) is 3.85. The smallest absolute Gasteiger partial charge is 0.129 e. The third-order valence-electron chi connectivity index (χ3n) is 4.79. The van der Waals surface area contributed by atoms with Crippen LogP contribution in [0.3, 0.4) is 0 Å². The largest absolute Gasteiger partial charge is 0.392 e. The third-order valence-corrected chi connectivity index (χ3v) is 4.79. The molecule has 1 aromatic heterocycles. The number of nitrogens with zero attached hydrogens (tertiary/aromatic N) is 3. The van der Waals surface area contributed by atoms with E-state index >= 15 is 0 Å². The first-order valence-corrected chi connectivity index (χ1v) is 8.28. The fraction of sp³-hybridized carbons (Fsp3) is 0.706. The number of aliphatic hydroxyl groups excluding tert-OH is 1. The second-order valence-electron chi connectivity index (χ2n) is 6.70. The number of hydrogen-bond donors (Lipinski definition) is 1. The molecule has 0 radical (unpaired) electrons. The molecular formula is C17H27N3O. The maximum atomic E-state index is 9.52. The summed E-state index contributed by atoms with van der Waals surface area (Å²) in [7, 11) is 0. The van der Waals surface area contributed by atoms with Crippen molar-refractivity contribution in [1.29, 1.82) is 0 Å². The average Bonchev–Trinajstić information content (AvgIpc) is 2.83. The van der Waals surface area contributed by atoms with Crippen LogP contribution in [0.2, 0.25) is 0 Å². The van der Waals surface area contributed by atoms with Gasteiger partial charge in [0, 0.05) is 31.4 Å². The van der Waals surface area contributed by atoms with Crippen LogP contribution in [-0.4, -0.2) is 47.2 Å². The summed E-state index contributed by atoms with van der Waals surface area (Å²) >= 11 is 0. The van der Waals surface area contributed by atoms with Gasteiger partial charge < -0.3 is 10.0 Å². The van der Waals surface area contributed by atoms with Gasteiger partial charge in [-0.1, -0.05) is 13.8 Å². The van der Waals surface area contributed by atoms with Gasteiger partial charge in [0.25, 0.3) is 0 Å². The lowest BCUT2D eigenvalue weighted by molar-refractivity contribution is 0.273. The topological polar surface area (TPSA) is 39.6 Å². The van der Waals surface area contributed by atoms with E-state index in [-0.39, 0.29) is 6.61 Å². The van der Waals surface area contributed by atoms with Gasteiger partial charge in [-0.15, -0.1) is 0 Å². The summed E-state index contributed by atoms with van der Waals surface area (Å²) in [5.41, 5.74) is 2.07. The number of aromatic nitrogens is 1. The number of aliphatic hydroxyl groups is 1. The van der Waals surface area contributed by atoms with Crippen LogP contribution < -0.4 is 4.90 Å². The maximum Gasteiger partial charge on any atom is 0.129 e. The van der Waals surface area contributed by atoms with Crippen LogP contribution in [0, 0.1) is 0 Å². The zero-order valence-electron chi connectivity index (χ0n) is 13.3. The van der Waals surface area contributed by atoms with Gasteiger partial charge in [0.2, 0.25) is 0 Å². The van der Waals surface area contributed by atoms with Gasteiger partial charge in [0.1, 0.15) is 5.82 Å². The van der Waals surface area contributed by atoms with Gasteiger partial charge in [-0.3, -0.25) is 4.90 Å². The molecular weight excluding hydrogens is 262 g/mol. The van der Waals surface area contributed by atoms with Gasteiger partial charge in [0.15, 0.2) is 0 Å². The lowest BCUT2D eigenvalue weighted by Crippen LogP contribution is -2.37. The highest BCUT2D eigenvalue weighted by Gasteiger charge is 2.29. The summed E-state index contributed by atoms with van der Waals surface area (Å²) in [5.74, 6) is 1.45. The minimum atomic E-state index is 0.0959. The van der Waals surface area contributed by atoms with Crippen molar-refractivity contribution in [2.45, 2.75) is 51.7 Å². The molecule has 1 aromatic rings. The molecule has 1 N–H and O–H groups in total. The Morgan fingerprint density at radius 3 is 2.81 bits per heavy atom. The molecule has 2 fully saturated rings. The number of rotatable bonds is 3. The number of anilines is 1. The quantitative estimate of drug-likeness (QED) is 0.927. The van der Waals surface area contributed by atoms with Crippen molar-refractivity contribution in [2.24, 2.45) is 0 Å². The van der Waals surface area contributed by atoms with Gasteiger partial charge in [-0.25, -0.2) is 4.98 Å². The molecule has 0 aliphatic carbocycles. The molecule has 1 atom stereocenters. The van der Waals surface area contributed by atoms with Gasteiger partial charge in [-0.2, -0.15) is 0 Å². The van der Waals surface area contributed by atoms with E-state index in [0.717, 1.165) is 30.2 Å². The Labute approximate surface area is 127 Å². The molecule has 2 saturated heterocycles. The number of fused-ring (bicyclic) bond motifs is 1. The normalized spacial score (nSPS) is 23.4. The highest BCUT2D eigenvalue weighted by Crippen LogP contribution is 2.26. The van der Waals surface area contributed by atoms with E-state index < -0.39 is 0 Å². The molecule has 0 bridgehead atoms. The molecule has 0 spiro atoms. The van der Waals surface area contributed by atoms with Crippen LogP contribution in [0.5, 0.6) is 0 Å². The molecule has 3 heterocycles. The fourth-order valence-electron chi connectivity index (χ4n) is 3.56. The third kappa shape index (κ3) is 3.22. The molecule has 2 aliphatic heterocycles. The molecule has 0 aromatic carbocycles. The first kappa shape index (κ1) is 14.8. The SMILES string of the molecule is CC(C)c1cc(CO)cc(N2CCCN3CCCC3C2)n1. The summed E-state index contributed by atoms with van der Waals surface area (Å²) in [4.78, 5) is 9.93. The maximum absolute atomic E-state index is 9.52. The van der Waals surface area contributed by atoms with Crippen molar-refractivity contribution in [3.63, 3.8) is 0 Å². The highest BCUT2D eigenvalue weighted by molar-refractivity contribution is 5.43. The van der Waals surface area contributed by atoms with Crippen LogP contribution in [0.25, 0.3) is 0 Å². The Hall–Kier alpha value is -1.13. The van der Waals surface area contributed by atoms with Crippen molar-refractivity contribution in [1.82, 2.24) is 9.88 Å². The molecule has 4 heteroatoms. The molecule has 2 aliphatic rings. The van der Waals surface area contributed by atoms with E-state index in [9.17, 15) is 5.11 Å². The molecule has 1 unspecified atom stereocenters. The fourth-order valence-corrected chi connectivity index (χ4v) is 3.56. The molecule has 0 saturated carbocycles. The van der Waals surface area contributed by atoms with Crippen LogP contribution in [0.1, 0.15) is 50.3 Å². The molecule has 3 rings (SSSR count). The first-order valence-electron chi connectivity index (χ1n) is 8.28. The summed E-state index contributed by atoms with van der Waals surface area (Å²) in [6, 6.07) is 4.79. The van der Waals surface area contributed by atoms with Crippen molar-refractivity contribution in [3.05, 3.63) is 23.4 Å². The van der Waals surface area contributed by atoms with Crippen LogP contribution in [0.15, 0.2) is 12.1 Å². The molecule has 0 amide bonds. The monoisotopic (exact) mass is 289 g/mol. The van der Waals surface area contributed by atoms with E-state index in [4.69, 9.17) is 4.98 Å². The molecule has 21 heavy (non-hydrogen) atoms. The predicted molar refractivity (Wildman–Crippen MR) is 85.7 cm³/mol. The second-order valence-corrected chi connectivity index (χ2v) is 6.70. The van der Waals surface area contributed by atoms with E-state index in [2.05, 4.69) is 29.7 Å². The highest BCUT2D eigenvalue weighted by atomic mass is 16.3. The Morgan fingerprint density at radius 1 is 1.24 bits per heavy atom. The van der Waals surface area contributed by atoms with Crippen molar-refractivity contribution >= 4 is 5.82 Å². The number of pyridine rings is 1. The second kappa shape index (κ2) is 6.32. The van der Waals surface area contributed by atoms with Crippen molar-refractivity contribution in [2.75, 3.05) is 31.1 Å². The lowest BCUT2D eigenvalue weighted by atomic mass is 10.1. The van der Waals surface area contributed by atoms with E-state index in [1.807, 2.05) is 6.07 Å². The Balaban J connectivity index is 1.86. The minimum absolute atomic E-state index is 0.0959. The van der Waals surface area contributed by atoms with Crippen LogP contribution in [0.4, 0.5) is 5.82 Å². The first-order chi connectivity index (χ1) is 10.2. The van der Waals surface area contributed by atoms with Crippen molar-refractivity contribution in [3.8, 4) is 0 Å². The number of hydrogen-bond acceptors (Lipinski definition) is 4. The van der Waals surface area contributed by atoms with Gasteiger partial charge in [0.05, 0.1) is 6.61 Å². The predicted octanol–water partition coefficient (Wildman–Crippen LogP) is 2.37. The Morgan fingerprint density at radius 2 is 2.05 bits per heavy atom. The van der Waals surface area contributed by atoms with E-state index in [0.29, 0.717) is 12.0 Å². The Kier molecular flexibility index (Phi) is 4.45. The van der Waals surface area contributed by atoms with Gasteiger partial charge in [-0.05, 0) is 49.4 Å². The van der Waals surface area contributed by atoms with Crippen LogP contribution in [-0.2, 0) is 6.61 Å². The average molecular weight is 289 g/mol. The Bertz CT molecular complexity index is 489. The minimum Gasteiger partial charge on any atom is -0.392 e. The zero-order valence-corrected chi connectivity index (χ0v) is 13.3.